The molecule has 5 nitrogen and oxygen atoms in total. The molecule has 120 valence electrons. The number of rotatable bonds is 8. The van der Waals surface area contributed by atoms with Gasteiger partial charge in [0.2, 0.25) is 10.0 Å². The molecule has 0 fully saturated rings. The van der Waals surface area contributed by atoms with E-state index in [1.54, 1.807) is 49.9 Å². The molecule has 2 atom stereocenters. The Morgan fingerprint density at radius 1 is 1.24 bits per heavy atom. The van der Waals surface area contributed by atoms with Crippen molar-refractivity contribution in [1.82, 2.24) is 4.72 Å². The highest BCUT2D eigenvalue weighted by molar-refractivity contribution is 7.99. The summed E-state index contributed by atoms with van der Waals surface area (Å²) in [6, 6.07) is 6.57. The van der Waals surface area contributed by atoms with Gasteiger partial charge in [0, 0.05) is 17.3 Å². The fraction of sp³-hybridized carbons (Fsp3) is 0.571. The molecule has 0 aliphatic rings. The fourth-order valence-corrected chi connectivity index (χ4v) is 4.02. The van der Waals surface area contributed by atoms with Crippen LogP contribution >= 0.6 is 11.8 Å². The molecular formula is C14H24N2O3S2. The van der Waals surface area contributed by atoms with Crippen molar-refractivity contribution in [2.75, 3.05) is 18.2 Å². The number of hydrogen-bond donors (Lipinski definition) is 3. The van der Waals surface area contributed by atoms with Crippen LogP contribution in [0.25, 0.3) is 0 Å². The number of sulfonamides is 1. The van der Waals surface area contributed by atoms with E-state index in [0.29, 0.717) is 5.69 Å². The third kappa shape index (κ3) is 5.18. The quantitative estimate of drug-likeness (QED) is 0.678. The molecule has 0 aliphatic heterocycles. The van der Waals surface area contributed by atoms with Crippen LogP contribution in [0.1, 0.15) is 20.8 Å². The zero-order valence-corrected chi connectivity index (χ0v) is 14.5. The van der Waals surface area contributed by atoms with Crippen LogP contribution in [0.4, 0.5) is 5.69 Å². The standard InChI is InChI=1S/C14H24N2O3S2/c1-10(2)16-21(18,19)14-8-6-5-7-12(14)15-11(3)13(9-17)20-4/h5-8,10-11,13,15-17H,9H2,1-4H3. The zero-order chi connectivity index (χ0) is 16.0. The van der Waals surface area contributed by atoms with Gasteiger partial charge in [0.15, 0.2) is 0 Å². The maximum atomic E-state index is 12.3. The predicted molar refractivity (Wildman–Crippen MR) is 89.4 cm³/mol. The van der Waals surface area contributed by atoms with Crippen molar-refractivity contribution in [3.05, 3.63) is 24.3 Å². The number of benzene rings is 1. The van der Waals surface area contributed by atoms with E-state index in [-0.39, 0.29) is 28.8 Å². The highest BCUT2D eigenvalue weighted by Crippen LogP contribution is 2.24. The Labute approximate surface area is 131 Å². The van der Waals surface area contributed by atoms with Crippen LogP contribution in [0.5, 0.6) is 0 Å². The van der Waals surface area contributed by atoms with E-state index in [1.165, 1.54) is 0 Å². The molecule has 7 heteroatoms. The number of anilines is 1. The van der Waals surface area contributed by atoms with Gasteiger partial charge >= 0.3 is 0 Å². The third-order valence-corrected chi connectivity index (χ3v) is 5.87. The van der Waals surface area contributed by atoms with Gasteiger partial charge < -0.3 is 10.4 Å². The summed E-state index contributed by atoms with van der Waals surface area (Å²) in [5.74, 6) is 0. The van der Waals surface area contributed by atoms with Gasteiger partial charge in [-0.1, -0.05) is 12.1 Å². The summed E-state index contributed by atoms with van der Waals surface area (Å²) in [6.07, 6.45) is 1.92. The lowest BCUT2D eigenvalue weighted by molar-refractivity contribution is 0.288. The van der Waals surface area contributed by atoms with Crippen LogP contribution < -0.4 is 10.0 Å². The van der Waals surface area contributed by atoms with E-state index in [2.05, 4.69) is 10.0 Å². The van der Waals surface area contributed by atoms with Gasteiger partial charge in [0.05, 0.1) is 12.3 Å². The Kier molecular flexibility index (Phi) is 6.99. The highest BCUT2D eigenvalue weighted by Gasteiger charge is 2.22. The van der Waals surface area contributed by atoms with E-state index >= 15 is 0 Å². The van der Waals surface area contributed by atoms with Crippen molar-refractivity contribution in [2.45, 2.75) is 43.0 Å². The van der Waals surface area contributed by atoms with Gasteiger partial charge in [0.1, 0.15) is 4.90 Å². The van der Waals surface area contributed by atoms with Crippen molar-refractivity contribution in [1.29, 1.82) is 0 Å². The van der Waals surface area contributed by atoms with Crippen LogP contribution in [0.2, 0.25) is 0 Å². The van der Waals surface area contributed by atoms with Crippen molar-refractivity contribution in [3.63, 3.8) is 0 Å². The predicted octanol–water partition coefficient (Wildman–Crippen LogP) is 1.90. The molecule has 0 aromatic heterocycles. The van der Waals surface area contributed by atoms with E-state index < -0.39 is 10.0 Å². The Morgan fingerprint density at radius 2 is 1.86 bits per heavy atom. The summed E-state index contributed by atoms with van der Waals surface area (Å²) >= 11 is 1.54. The van der Waals surface area contributed by atoms with Crippen molar-refractivity contribution in [2.24, 2.45) is 0 Å². The number of aliphatic hydroxyl groups is 1. The SMILES string of the molecule is CSC(CO)C(C)Nc1ccccc1S(=O)(=O)NC(C)C. The van der Waals surface area contributed by atoms with Crippen LogP contribution in [0, 0.1) is 0 Å². The molecule has 1 aromatic rings. The van der Waals surface area contributed by atoms with Gasteiger partial charge in [-0.05, 0) is 39.2 Å². The van der Waals surface area contributed by atoms with E-state index in [1.807, 2.05) is 13.2 Å². The zero-order valence-electron chi connectivity index (χ0n) is 12.8. The lowest BCUT2D eigenvalue weighted by atomic mass is 10.2. The molecular weight excluding hydrogens is 308 g/mol. The van der Waals surface area contributed by atoms with Crippen LogP contribution in [0.15, 0.2) is 29.2 Å². The molecule has 21 heavy (non-hydrogen) atoms. The van der Waals surface area contributed by atoms with Crippen molar-refractivity contribution in [3.8, 4) is 0 Å². The van der Waals surface area contributed by atoms with Crippen LogP contribution in [0.3, 0.4) is 0 Å². The first-order valence-electron chi connectivity index (χ1n) is 6.83. The smallest absolute Gasteiger partial charge is 0.242 e. The second kappa shape index (κ2) is 8.03. The number of nitrogens with one attached hydrogen (secondary N) is 2. The summed E-state index contributed by atoms with van der Waals surface area (Å²) < 4.78 is 27.3. The number of hydrogen-bond acceptors (Lipinski definition) is 5. The van der Waals surface area contributed by atoms with Crippen LogP contribution in [-0.4, -0.2) is 43.7 Å². The molecule has 0 amide bonds. The van der Waals surface area contributed by atoms with E-state index in [4.69, 9.17) is 0 Å². The van der Waals surface area contributed by atoms with Gasteiger partial charge in [-0.3, -0.25) is 0 Å². The molecule has 2 unspecified atom stereocenters. The monoisotopic (exact) mass is 332 g/mol. The maximum absolute atomic E-state index is 12.3. The molecule has 0 saturated carbocycles. The van der Waals surface area contributed by atoms with Crippen LogP contribution in [-0.2, 0) is 10.0 Å². The summed E-state index contributed by atoms with van der Waals surface area (Å²) in [5.41, 5.74) is 0.547. The minimum atomic E-state index is -3.56. The molecule has 0 heterocycles. The second-order valence-corrected chi connectivity index (χ2v) is 7.92. The number of para-hydroxylation sites is 1. The summed E-state index contributed by atoms with van der Waals surface area (Å²) in [5, 5.41) is 12.5. The Bertz CT molecular complexity index is 543. The number of thioether (sulfide) groups is 1. The van der Waals surface area contributed by atoms with Gasteiger partial charge in [-0.25, -0.2) is 13.1 Å². The topological polar surface area (TPSA) is 78.4 Å². The molecule has 0 saturated heterocycles. The molecule has 1 rings (SSSR count). The highest BCUT2D eigenvalue weighted by atomic mass is 32.2. The van der Waals surface area contributed by atoms with Crippen molar-refractivity contribution >= 4 is 27.5 Å². The average Bonchev–Trinajstić information content (AvgIpc) is 2.39. The third-order valence-electron chi connectivity index (χ3n) is 2.99. The molecule has 0 radical (unpaired) electrons. The first-order valence-corrected chi connectivity index (χ1v) is 9.60. The normalized spacial score (nSPS) is 15.0. The lowest BCUT2D eigenvalue weighted by Gasteiger charge is -2.24. The summed E-state index contributed by atoms with van der Waals surface area (Å²) in [6.45, 7) is 5.53. The molecule has 1 aromatic carbocycles. The minimum absolute atomic E-state index is 0.00109. The minimum Gasteiger partial charge on any atom is -0.395 e. The first-order chi connectivity index (χ1) is 9.81. The van der Waals surface area contributed by atoms with Gasteiger partial charge in [-0.2, -0.15) is 11.8 Å². The molecule has 0 aliphatic carbocycles. The van der Waals surface area contributed by atoms with Gasteiger partial charge in [-0.15, -0.1) is 0 Å². The Morgan fingerprint density at radius 3 is 2.38 bits per heavy atom. The first kappa shape index (κ1) is 18.3. The lowest BCUT2D eigenvalue weighted by Crippen LogP contribution is -2.33. The fourth-order valence-electron chi connectivity index (χ4n) is 1.97. The van der Waals surface area contributed by atoms with Gasteiger partial charge in [0.25, 0.3) is 0 Å². The van der Waals surface area contributed by atoms with E-state index in [0.717, 1.165) is 0 Å². The summed E-state index contributed by atoms with van der Waals surface area (Å²) in [7, 11) is -3.56. The molecule has 3 N–H and O–H groups in total. The Balaban J connectivity index is 3.05. The number of aliphatic hydroxyl groups excluding tert-OH is 1. The largest absolute Gasteiger partial charge is 0.395 e. The summed E-state index contributed by atoms with van der Waals surface area (Å²) in [4.78, 5) is 0.225. The second-order valence-electron chi connectivity index (χ2n) is 5.16. The average molecular weight is 332 g/mol. The molecule has 0 bridgehead atoms. The maximum Gasteiger partial charge on any atom is 0.242 e. The van der Waals surface area contributed by atoms with E-state index in [9.17, 15) is 13.5 Å². The Hall–Kier alpha value is -0.760. The van der Waals surface area contributed by atoms with Crippen molar-refractivity contribution < 1.29 is 13.5 Å². The molecule has 0 spiro atoms.